The van der Waals surface area contributed by atoms with Crippen LogP contribution in [0, 0.1) is 0 Å². The van der Waals surface area contributed by atoms with Gasteiger partial charge in [-0.3, -0.25) is 5.32 Å². The molecule has 2 N–H and O–H groups in total. The average molecular weight is 834 g/mol. The van der Waals surface area contributed by atoms with Gasteiger partial charge in [-0.25, -0.2) is 4.99 Å². The van der Waals surface area contributed by atoms with Crippen molar-refractivity contribution in [1.82, 2.24) is 19.8 Å². The number of benzene rings is 10. The molecule has 1 aliphatic heterocycles. The Morgan fingerprint density at radius 1 is 0.415 bits per heavy atom. The average Bonchev–Trinajstić information content (AvgIpc) is 4.03. The summed E-state index contributed by atoms with van der Waals surface area (Å²) in [6.45, 7) is 0. The third-order valence-corrected chi connectivity index (χ3v) is 13.5. The van der Waals surface area contributed by atoms with Crippen molar-refractivity contribution in [3.05, 3.63) is 229 Å². The van der Waals surface area contributed by atoms with E-state index in [1.165, 1.54) is 43.1 Å². The molecule has 6 heteroatoms. The van der Waals surface area contributed by atoms with Crippen LogP contribution in [0.25, 0.3) is 98.5 Å². The summed E-state index contributed by atoms with van der Waals surface area (Å²) in [7, 11) is 0. The van der Waals surface area contributed by atoms with Gasteiger partial charge in [0.1, 0.15) is 29.3 Å². The molecule has 14 rings (SSSR count). The summed E-state index contributed by atoms with van der Waals surface area (Å²) in [6, 6.07) is 76.2. The van der Waals surface area contributed by atoms with Gasteiger partial charge in [0, 0.05) is 55.2 Å². The predicted molar refractivity (Wildman–Crippen MR) is 269 cm³/mol. The van der Waals surface area contributed by atoms with Crippen LogP contribution in [0.2, 0.25) is 0 Å². The normalized spacial score (nSPS) is 15.5. The zero-order valence-electron chi connectivity index (χ0n) is 35.1. The number of nitrogens with zero attached hydrogens (tertiary/aromatic N) is 3. The predicted octanol–water partition coefficient (Wildman–Crippen LogP) is 14.4. The van der Waals surface area contributed by atoms with E-state index in [4.69, 9.17) is 9.41 Å². The van der Waals surface area contributed by atoms with Crippen LogP contribution in [-0.4, -0.2) is 15.0 Å². The quantitative estimate of drug-likeness (QED) is 0.182. The Balaban J connectivity index is 1.05. The molecular weight excluding hydrogens is 795 g/mol. The van der Waals surface area contributed by atoms with Gasteiger partial charge in [-0.15, -0.1) is 0 Å². The minimum Gasteiger partial charge on any atom is -0.456 e. The molecular formula is C59H39N5O. The van der Waals surface area contributed by atoms with E-state index in [1.807, 2.05) is 6.07 Å². The van der Waals surface area contributed by atoms with E-state index < -0.39 is 6.17 Å². The number of rotatable bonds is 5. The van der Waals surface area contributed by atoms with Gasteiger partial charge in [0.2, 0.25) is 0 Å². The van der Waals surface area contributed by atoms with Gasteiger partial charge in [-0.2, -0.15) is 0 Å². The van der Waals surface area contributed by atoms with Crippen LogP contribution < -0.4 is 10.6 Å². The summed E-state index contributed by atoms with van der Waals surface area (Å²) in [5.41, 5.74) is 11.5. The van der Waals surface area contributed by atoms with Gasteiger partial charge in [-0.05, 0) is 87.8 Å². The second-order valence-corrected chi connectivity index (χ2v) is 17.2. The van der Waals surface area contributed by atoms with Crippen molar-refractivity contribution in [2.45, 2.75) is 12.3 Å². The first kappa shape index (κ1) is 36.1. The molecule has 0 fully saturated rings. The molecule has 0 aliphatic carbocycles. The Morgan fingerprint density at radius 2 is 1.06 bits per heavy atom. The Kier molecular flexibility index (Phi) is 7.79. The molecule has 1 aliphatic rings. The van der Waals surface area contributed by atoms with Gasteiger partial charge in [0.05, 0.1) is 27.8 Å². The molecule has 0 amide bonds. The smallest absolute Gasteiger partial charge is 0.138 e. The molecule has 0 spiro atoms. The third kappa shape index (κ3) is 5.54. The van der Waals surface area contributed by atoms with E-state index >= 15 is 0 Å². The second-order valence-electron chi connectivity index (χ2n) is 17.2. The molecule has 0 radical (unpaired) electrons. The summed E-state index contributed by atoms with van der Waals surface area (Å²) >= 11 is 0. The van der Waals surface area contributed by atoms with Crippen LogP contribution in [0.1, 0.15) is 29.0 Å². The van der Waals surface area contributed by atoms with Crippen molar-refractivity contribution in [3.8, 4) is 11.4 Å². The SMILES string of the molecule is c1ccc(-n2c3ccccc3c3c(C4N=C(c5cc(-n6c7ccccc7c7cc8ccccc8cc76)cc6oc7ccccc7c56)NC(c5ccc6ccccc6c5)N4)cccc32)cc1. The maximum Gasteiger partial charge on any atom is 0.138 e. The molecule has 2 atom stereocenters. The zero-order valence-corrected chi connectivity index (χ0v) is 35.1. The van der Waals surface area contributed by atoms with Gasteiger partial charge >= 0.3 is 0 Å². The Labute approximate surface area is 373 Å². The third-order valence-electron chi connectivity index (χ3n) is 13.5. The summed E-state index contributed by atoms with van der Waals surface area (Å²) in [4.78, 5) is 5.76. The second kappa shape index (κ2) is 14.0. The molecule has 65 heavy (non-hydrogen) atoms. The number of aromatic nitrogens is 2. The molecule has 10 aromatic carbocycles. The molecule has 0 saturated carbocycles. The summed E-state index contributed by atoms with van der Waals surface area (Å²) < 4.78 is 11.6. The van der Waals surface area contributed by atoms with Gasteiger partial charge in [0.25, 0.3) is 0 Å². The molecule has 3 aromatic heterocycles. The molecule has 6 nitrogen and oxygen atoms in total. The molecule has 4 heterocycles. The number of fused-ring (bicyclic) bond motifs is 11. The topological polar surface area (TPSA) is 59.4 Å². The zero-order chi connectivity index (χ0) is 42.6. The summed E-state index contributed by atoms with van der Waals surface area (Å²) in [6.07, 6.45) is -0.704. The Bertz CT molecular complexity index is 4100. The van der Waals surface area contributed by atoms with Gasteiger partial charge in [0.15, 0.2) is 0 Å². The molecule has 0 bridgehead atoms. The number of hydrogen-bond acceptors (Lipinski definition) is 4. The Morgan fingerprint density at radius 3 is 1.89 bits per heavy atom. The summed E-state index contributed by atoms with van der Waals surface area (Å²) in [5, 5.41) is 19.6. The van der Waals surface area contributed by atoms with Crippen molar-refractivity contribution >= 4 is 92.9 Å². The lowest BCUT2D eigenvalue weighted by molar-refractivity contribution is 0.411. The highest BCUT2D eigenvalue weighted by molar-refractivity contribution is 6.20. The lowest BCUT2D eigenvalue weighted by Crippen LogP contribution is -2.45. The minimum absolute atomic E-state index is 0.286. The highest BCUT2D eigenvalue weighted by atomic mass is 16.3. The van der Waals surface area contributed by atoms with Crippen LogP contribution in [0.4, 0.5) is 0 Å². The van der Waals surface area contributed by atoms with Crippen molar-refractivity contribution in [2.24, 2.45) is 4.99 Å². The van der Waals surface area contributed by atoms with Crippen LogP contribution in [-0.2, 0) is 0 Å². The molecule has 13 aromatic rings. The number of aliphatic imine (C=N–C) groups is 1. The van der Waals surface area contributed by atoms with E-state index in [0.717, 1.165) is 77.9 Å². The maximum absolute atomic E-state index is 6.82. The number of nitrogens with one attached hydrogen (secondary N) is 2. The highest BCUT2D eigenvalue weighted by Crippen LogP contribution is 2.42. The van der Waals surface area contributed by atoms with E-state index in [1.54, 1.807) is 0 Å². The number of hydrogen-bond donors (Lipinski definition) is 2. The molecule has 306 valence electrons. The van der Waals surface area contributed by atoms with Crippen LogP contribution in [0.3, 0.4) is 0 Å². The van der Waals surface area contributed by atoms with E-state index in [9.17, 15) is 0 Å². The van der Waals surface area contributed by atoms with Crippen LogP contribution >= 0.6 is 0 Å². The first-order chi connectivity index (χ1) is 32.2. The lowest BCUT2D eigenvalue weighted by atomic mass is 9.99. The van der Waals surface area contributed by atoms with Crippen LogP contribution in [0.15, 0.2) is 222 Å². The van der Waals surface area contributed by atoms with E-state index in [-0.39, 0.29) is 6.17 Å². The maximum atomic E-state index is 6.82. The standard InChI is InChI=1S/C59H39N5O/c1-2-19-41(20-3-1)63-50-26-12-9-22-44(50)55-46(24-14-27-51(55)63)58-60-57(40-30-29-36-15-4-5-16-37(36)31-40)61-59(62-58)48-34-42(35-54-56(48)45-23-10-13-28-53(45)65-54)64-49-25-11-8-21-43(49)47-32-38-17-6-7-18-39(38)33-52(47)64/h1-35,57-58,60H,(H,61,62). The van der Waals surface area contributed by atoms with Gasteiger partial charge in [-0.1, -0.05) is 146 Å². The lowest BCUT2D eigenvalue weighted by Gasteiger charge is -2.33. The van der Waals surface area contributed by atoms with Gasteiger partial charge < -0.3 is 18.9 Å². The Hall–Kier alpha value is -8.45. The molecule has 0 saturated heterocycles. The fourth-order valence-electron chi connectivity index (χ4n) is 10.6. The molecule has 2 unspecified atom stereocenters. The van der Waals surface area contributed by atoms with Crippen molar-refractivity contribution in [3.63, 3.8) is 0 Å². The van der Waals surface area contributed by atoms with E-state index in [0.29, 0.717) is 0 Å². The van der Waals surface area contributed by atoms with E-state index in [2.05, 4.69) is 226 Å². The monoisotopic (exact) mass is 833 g/mol. The van der Waals surface area contributed by atoms with Crippen molar-refractivity contribution < 1.29 is 4.42 Å². The van der Waals surface area contributed by atoms with Crippen molar-refractivity contribution in [1.29, 1.82) is 0 Å². The minimum atomic E-state index is -0.419. The first-order valence-corrected chi connectivity index (χ1v) is 22.3. The first-order valence-electron chi connectivity index (χ1n) is 22.3. The largest absolute Gasteiger partial charge is 0.456 e. The van der Waals surface area contributed by atoms with Crippen LogP contribution in [0.5, 0.6) is 0 Å². The number of para-hydroxylation sites is 4. The highest BCUT2D eigenvalue weighted by Gasteiger charge is 2.30. The number of amidine groups is 1. The fraction of sp³-hybridized carbons (Fsp3) is 0.0339. The van der Waals surface area contributed by atoms with Crippen molar-refractivity contribution in [2.75, 3.05) is 0 Å². The fourth-order valence-corrected chi connectivity index (χ4v) is 10.6. The summed E-state index contributed by atoms with van der Waals surface area (Å²) in [5.74, 6) is 0.792. The number of furan rings is 1.